The lowest BCUT2D eigenvalue weighted by Crippen LogP contribution is -2.20. The van der Waals surface area contributed by atoms with E-state index in [0.717, 1.165) is 17.9 Å². The minimum absolute atomic E-state index is 0.0729. The van der Waals surface area contributed by atoms with Gasteiger partial charge in [-0.3, -0.25) is 10.1 Å². The molecule has 98 valence electrons. The molecule has 0 bridgehead atoms. The van der Waals surface area contributed by atoms with Gasteiger partial charge in [0.15, 0.2) is 0 Å². The van der Waals surface area contributed by atoms with Crippen molar-refractivity contribution in [3.8, 4) is 0 Å². The van der Waals surface area contributed by atoms with Crippen molar-refractivity contribution >= 4 is 29.1 Å². The molecule has 0 spiro atoms. The van der Waals surface area contributed by atoms with Crippen LogP contribution in [-0.2, 0) is 0 Å². The van der Waals surface area contributed by atoms with Gasteiger partial charge in [0.1, 0.15) is 6.33 Å². The second kappa shape index (κ2) is 5.85. The molecule has 1 aliphatic heterocycles. The van der Waals surface area contributed by atoms with Crippen LogP contribution in [0.25, 0.3) is 0 Å². The van der Waals surface area contributed by atoms with E-state index in [9.17, 15) is 10.1 Å². The Morgan fingerprint density at radius 1 is 1.56 bits per heavy atom. The molecule has 0 amide bonds. The van der Waals surface area contributed by atoms with Crippen LogP contribution >= 0.6 is 11.8 Å². The van der Waals surface area contributed by atoms with Crippen LogP contribution in [0.2, 0.25) is 0 Å². The fourth-order valence-electron chi connectivity index (χ4n) is 1.80. The monoisotopic (exact) mass is 269 g/mol. The smallest absolute Gasteiger partial charge is 0.353 e. The Labute approximate surface area is 109 Å². The normalized spacial score (nSPS) is 18.6. The van der Waals surface area contributed by atoms with Crippen molar-refractivity contribution < 1.29 is 4.92 Å². The Hall–Kier alpha value is -1.57. The fourth-order valence-corrected chi connectivity index (χ4v) is 2.95. The molecule has 0 radical (unpaired) electrons. The van der Waals surface area contributed by atoms with Crippen LogP contribution in [-0.4, -0.2) is 39.0 Å². The summed E-state index contributed by atoms with van der Waals surface area (Å²) >= 11 is 1.84. The first-order chi connectivity index (χ1) is 8.72. The standard InChI is InChI=1S/C10H15N5O2S/c1-2-11-9-8(15(16)17)10(13-6-12-9)14-7-3-4-18-5-7/h6-7H,2-5H2,1H3,(H2,11,12,13,14). The first kappa shape index (κ1) is 12.9. The topological polar surface area (TPSA) is 93.0 Å². The first-order valence-electron chi connectivity index (χ1n) is 5.80. The van der Waals surface area contributed by atoms with Gasteiger partial charge in [-0.15, -0.1) is 0 Å². The fraction of sp³-hybridized carbons (Fsp3) is 0.600. The zero-order valence-electron chi connectivity index (χ0n) is 10.0. The number of hydrogen-bond donors (Lipinski definition) is 2. The van der Waals surface area contributed by atoms with Gasteiger partial charge in [0.2, 0.25) is 11.6 Å². The van der Waals surface area contributed by atoms with E-state index < -0.39 is 4.92 Å². The molecule has 1 fully saturated rings. The van der Waals surface area contributed by atoms with E-state index in [4.69, 9.17) is 0 Å². The van der Waals surface area contributed by atoms with Crippen molar-refractivity contribution in [1.29, 1.82) is 0 Å². The van der Waals surface area contributed by atoms with E-state index >= 15 is 0 Å². The molecule has 1 unspecified atom stereocenters. The van der Waals surface area contributed by atoms with Crippen molar-refractivity contribution in [2.75, 3.05) is 28.7 Å². The van der Waals surface area contributed by atoms with Crippen molar-refractivity contribution in [3.63, 3.8) is 0 Å². The Bertz CT molecular complexity index is 436. The van der Waals surface area contributed by atoms with E-state index in [2.05, 4.69) is 20.6 Å². The molecule has 7 nitrogen and oxygen atoms in total. The second-order valence-electron chi connectivity index (χ2n) is 3.91. The van der Waals surface area contributed by atoms with Gasteiger partial charge in [0.05, 0.1) is 4.92 Å². The molecule has 2 N–H and O–H groups in total. The van der Waals surface area contributed by atoms with E-state index in [0.29, 0.717) is 12.4 Å². The maximum absolute atomic E-state index is 11.1. The van der Waals surface area contributed by atoms with Crippen LogP contribution in [0.1, 0.15) is 13.3 Å². The Kier molecular flexibility index (Phi) is 4.19. The molecule has 1 aliphatic rings. The maximum atomic E-state index is 11.1. The Balaban J connectivity index is 2.26. The zero-order valence-corrected chi connectivity index (χ0v) is 10.9. The highest BCUT2D eigenvalue weighted by Crippen LogP contribution is 2.31. The molecule has 1 saturated heterocycles. The molecule has 2 heterocycles. The Morgan fingerprint density at radius 3 is 2.94 bits per heavy atom. The summed E-state index contributed by atoms with van der Waals surface area (Å²) in [4.78, 5) is 18.6. The van der Waals surface area contributed by atoms with Crippen molar-refractivity contribution in [2.45, 2.75) is 19.4 Å². The van der Waals surface area contributed by atoms with Gasteiger partial charge >= 0.3 is 5.69 Å². The summed E-state index contributed by atoms with van der Waals surface area (Å²) in [7, 11) is 0. The van der Waals surface area contributed by atoms with Crippen LogP contribution in [0.5, 0.6) is 0 Å². The van der Waals surface area contributed by atoms with Crippen LogP contribution in [0, 0.1) is 10.1 Å². The summed E-state index contributed by atoms with van der Waals surface area (Å²) in [5.74, 6) is 2.61. The number of aromatic nitrogens is 2. The van der Waals surface area contributed by atoms with E-state index in [1.165, 1.54) is 6.33 Å². The number of nitro groups is 1. The van der Waals surface area contributed by atoms with Gasteiger partial charge in [-0.25, -0.2) is 9.97 Å². The van der Waals surface area contributed by atoms with Crippen molar-refractivity contribution in [3.05, 3.63) is 16.4 Å². The summed E-state index contributed by atoms with van der Waals surface area (Å²) in [6.07, 6.45) is 2.35. The number of anilines is 2. The van der Waals surface area contributed by atoms with Crippen LogP contribution < -0.4 is 10.6 Å². The number of nitrogens with zero attached hydrogens (tertiary/aromatic N) is 3. The summed E-state index contributed by atoms with van der Waals surface area (Å²) in [5.41, 5.74) is -0.0729. The third kappa shape index (κ3) is 2.81. The third-order valence-corrected chi connectivity index (χ3v) is 3.78. The molecule has 2 rings (SSSR count). The number of thioether (sulfide) groups is 1. The highest BCUT2D eigenvalue weighted by Gasteiger charge is 2.25. The lowest BCUT2D eigenvalue weighted by atomic mass is 10.2. The molecule has 8 heteroatoms. The van der Waals surface area contributed by atoms with Gasteiger partial charge < -0.3 is 10.6 Å². The molecular formula is C10H15N5O2S. The van der Waals surface area contributed by atoms with Crippen molar-refractivity contribution in [1.82, 2.24) is 9.97 Å². The number of nitrogens with one attached hydrogen (secondary N) is 2. The van der Waals surface area contributed by atoms with Crippen LogP contribution in [0.4, 0.5) is 17.3 Å². The minimum Gasteiger partial charge on any atom is -0.364 e. The maximum Gasteiger partial charge on any atom is 0.353 e. The van der Waals surface area contributed by atoms with Gasteiger partial charge in [0.25, 0.3) is 0 Å². The van der Waals surface area contributed by atoms with Gasteiger partial charge in [-0.1, -0.05) is 0 Å². The quantitative estimate of drug-likeness (QED) is 0.621. The molecule has 1 aromatic rings. The number of rotatable bonds is 5. The molecule has 0 saturated carbocycles. The molecule has 1 aromatic heterocycles. The lowest BCUT2D eigenvalue weighted by Gasteiger charge is -2.13. The molecule has 0 aromatic carbocycles. The minimum atomic E-state index is -0.442. The van der Waals surface area contributed by atoms with Gasteiger partial charge in [0, 0.05) is 18.3 Å². The van der Waals surface area contributed by atoms with E-state index in [1.807, 2.05) is 18.7 Å². The molecule has 1 atom stereocenters. The van der Waals surface area contributed by atoms with E-state index in [-0.39, 0.29) is 17.5 Å². The molecular weight excluding hydrogens is 254 g/mol. The average Bonchev–Trinajstić information content (AvgIpc) is 2.82. The zero-order chi connectivity index (χ0) is 13.0. The largest absolute Gasteiger partial charge is 0.364 e. The molecule has 0 aliphatic carbocycles. The lowest BCUT2D eigenvalue weighted by molar-refractivity contribution is -0.383. The average molecular weight is 269 g/mol. The summed E-state index contributed by atoms with van der Waals surface area (Å²) in [5, 5.41) is 17.2. The highest BCUT2D eigenvalue weighted by atomic mass is 32.2. The predicted molar refractivity (Wildman–Crippen MR) is 72.2 cm³/mol. The third-order valence-electron chi connectivity index (χ3n) is 2.62. The second-order valence-corrected chi connectivity index (χ2v) is 5.06. The molecule has 18 heavy (non-hydrogen) atoms. The number of hydrogen-bond acceptors (Lipinski definition) is 7. The highest BCUT2D eigenvalue weighted by molar-refractivity contribution is 7.99. The van der Waals surface area contributed by atoms with E-state index in [1.54, 1.807) is 0 Å². The van der Waals surface area contributed by atoms with Crippen molar-refractivity contribution in [2.24, 2.45) is 0 Å². The Morgan fingerprint density at radius 2 is 2.33 bits per heavy atom. The summed E-state index contributed by atoms with van der Waals surface area (Å²) < 4.78 is 0. The van der Waals surface area contributed by atoms with Crippen LogP contribution in [0.3, 0.4) is 0 Å². The van der Waals surface area contributed by atoms with Gasteiger partial charge in [-0.2, -0.15) is 11.8 Å². The predicted octanol–water partition coefficient (Wildman–Crippen LogP) is 1.73. The SMILES string of the molecule is CCNc1ncnc(NC2CCSC2)c1[N+](=O)[O-]. The first-order valence-corrected chi connectivity index (χ1v) is 6.95. The van der Waals surface area contributed by atoms with Crippen LogP contribution in [0.15, 0.2) is 6.33 Å². The summed E-state index contributed by atoms with van der Waals surface area (Å²) in [6.45, 7) is 2.45. The summed E-state index contributed by atoms with van der Waals surface area (Å²) in [6, 6.07) is 0.248. The van der Waals surface area contributed by atoms with Gasteiger partial charge in [-0.05, 0) is 19.1 Å².